The van der Waals surface area contributed by atoms with Gasteiger partial charge in [-0.2, -0.15) is 13.2 Å². The van der Waals surface area contributed by atoms with Crippen LogP contribution in [-0.4, -0.2) is 30.9 Å². The lowest BCUT2D eigenvalue weighted by Crippen LogP contribution is -2.38. The zero-order chi connectivity index (χ0) is 14.3. The number of para-hydroxylation sites is 1. The van der Waals surface area contributed by atoms with Gasteiger partial charge in [-0.15, -0.1) is 0 Å². The van der Waals surface area contributed by atoms with E-state index in [1.807, 2.05) is 6.92 Å². The van der Waals surface area contributed by atoms with Crippen LogP contribution < -0.4 is 10.1 Å². The number of hydrogen-bond acceptors (Lipinski definition) is 3. The minimum Gasteiger partial charge on any atom is -0.491 e. The molecule has 0 heterocycles. The maximum absolute atomic E-state index is 12.7. The lowest BCUT2D eigenvalue weighted by Gasteiger charge is -2.19. The standard InChI is InChI=1S/C13H18F3NO2/c1-2-7-17-10(8-18)9-19-12-6-4-3-5-11(12)13(14,15)16/h3-6,10,17-18H,2,7-9H2,1H3. The third kappa shape index (κ3) is 5.08. The van der Waals surface area contributed by atoms with Gasteiger partial charge >= 0.3 is 6.18 Å². The Balaban J connectivity index is 2.66. The first kappa shape index (κ1) is 15.8. The Hall–Kier alpha value is -1.27. The van der Waals surface area contributed by atoms with E-state index in [9.17, 15) is 13.2 Å². The molecule has 0 radical (unpaired) electrons. The van der Waals surface area contributed by atoms with Crippen molar-refractivity contribution >= 4 is 0 Å². The van der Waals surface area contributed by atoms with Crippen LogP contribution in [0.4, 0.5) is 13.2 Å². The van der Waals surface area contributed by atoms with Crippen LogP contribution in [0.5, 0.6) is 5.75 Å². The fourth-order valence-electron chi connectivity index (χ4n) is 1.54. The zero-order valence-corrected chi connectivity index (χ0v) is 10.7. The summed E-state index contributed by atoms with van der Waals surface area (Å²) >= 11 is 0. The minimum absolute atomic E-state index is 0.0103. The summed E-state index contributed by atoms with van der Waals surface area (Å²) in [6, 6.07) is 4.67. The highest BCUT2D eigenvalue weighted by Crippen LogP contribution is 2.35. The van der Waals surface area contributed by atoms with Crippen molar-refractivity contribution < 1.29 is 23.0 Å². The van der Waals surface area contributed by atoms with Crippen LogP contribution in [0.3, 0.4) is 0 Å². The molecule has 3 nitrogen and oxygen atoms in total. The summed E-state index contributed by atoms with van der Waals surface area (Å²) in [5.41, 5.74) is -0.804. The van der Waals surface area contributed by atoms with Crippen molar-refractivity contribution in [2.45, 2.75) is 25.6 Å². The van der Waals surface area contributed by atoms with E-state index in [0.29, 0.717) is 6.54 Å². The highest BCUT2D eigenvalue weighted by atomic mass is 19.4. The average molecular weight is 277 g/mol. The largest absolute Gasteiger partial charge is 0.491 e. The third-order valence-corrected chi connectivity index (χ3v) is 2.54. The van der Waals surface area contributed by atoms with Gasteiger partial charge in [-0.25, -0.2) is 0 Å². The molecular weight excluding hydrogens is 259 g/mol. The average Bonchev–Trinajstić information content (AvgIpc) is 2.38. The second kappa shape index (κ2) is 7.35. The number of aliphatic hydroxyl groups is 1. The lowest BCUT2D eigenvalue weighted by molar-refractivity contribution is -0.139. The first-order chi connectivity index (χ1) is 8.99. The number of nitrogens with one attached hydrogen (secondary N) is 1. The molecule has 0 aliphatic rings. The summed E-state index contributed by atoms with van der Waals surface area (Å²) in [6.45, 7) is 2.44. The van der Waals surface area contributed by atoms with Crippen LogP contribution in [0.25, 0.3) is 0 Å². The number of rotatable bonds is 7. The van der Waals surface area contributed by atoms with Gasteiger partial charge in [-0.05, 0) is 25.1 Å². The van der Waals surface area contributed by atoms with E-state index in [4.69, 9.17) is 9.84 Å². The van der Waals surface area contributed by atoms with Crippen LogP contribution in [0.1, 0.15) is 18.9 Å². The Morgan fingerprint density at radius 3 is 2.58 bits per heavy atom. The molecule has 1 aromatic carbocycles. The predicted molar refractivity (Wildman–Crippen MR) is 66.1 cm³/mol. The molecule has 1 rings (SSSR count). The first-order valence-corrected chi connectivity index (χ1v) is 6.12. The van der Waals surface area contributed by atoms with E-state index in [1.165, 1.54) is 18.2 Å². The maximum Gasteiger partial charge on any atom is 0.419 e. The Bertz CT molecular complexity index is 382. The number of aliphatic hydroxyl groups excluding tert-OH is 1. The molecule has 108 valence electrons. The summed E-state index contributed by atoms with van der Waals surface area (Å²) in [7, 11) is 0. The molecule has 6 heteroatoms. The topological polar surface area (TPSA) is 41.5 Å². The normalized spacial score (nSPS) is 13.3. The second-order valence-corrected chi connectivity index (χ2v) is 4.14. The smallest absolute Gasteiger partial charge is 0.419 e. The molecule has 1 atom stereocenters. The van der Waals surface area contributed by atoms with Gasteiger partial charge in [0.25, 0.3) is 0 Å². The van der Waals surface area contributed by atoms with E-state index in [0.717, 1.165) is 12.5 Å². The predicted octanol–water partition coefficient (Wildman–Crippen LogP) is 2.44. The van der Waals surface area contributed by atoms with Gasteiger partial charge in [-0.3, -0.25) is 0 Å². The highest BCUT2D eigenvalue weighted by molar-refractivity contribution is 5.35. The van der Waals surface area contributed by atoms with Gasteiger partial charge < -0.3 is 15.2 Å². The van der Waals surface area contributed by atoms with Crippen LogP contribution in [0.2, 0.25) is 0 Å². The molecule has 2 N–H and O–H groups in total. The Labute approximate surface area is 110 Å². The van der Waals surface area contributed by atoms with Crippen molar-refractivity contribution in [2.24, 2.45) is 0 Å². The molecule has 1 aromatic rings. The van der Waals surface area contributed by atoms with Crippen LogP contribution in [-0.2, 0) is 6.18 Å². The van der Waals surface area contributed by atoms with E-state index < -0.39 is 11.7 Å². The molecule has 0 aliphatic heterocycles. The third-order valence-electron chi connectivity index (χ3n) is 2.54. The van der Waals surface area contributed by atoms with Gasteiger partial charge in [-0.1, -0.05) is 19.1 Å². The summed E-state index contributed by atoms with van der Waals surface area (Å²) < 4.78 is 43.3. The van der Waals surface area contributed by atoms with Gasteiger partial charge in [0.1, 0.15) is 12.4 Å². The van der Waals surface area contributed by atoms with Crippen molar-refractivity contribution in [3.05, 3.63) is 29.8 Å². The molecule has 0 bridgehead atoms. The summed E-state index contributed by atoms with van der Waals surface area (Å²) in [6.07, 6.45) is -3.57. The second-order valence-electron chi connectivity index (χ2n) is 4.14. The molecule has 1 unspecified atom stereocenters. The fourth-order valence-corrected chi connectivity index (χ4v) is 1.54. The molecule has 0 fully saturated rings. The van der Waals surface area contributed by atoms with Crippen LogP contribution >= 0.6 is 0 Å². The maximum atomic E-state index is 12.7. The molecule has 0 aliphatic carbocycles. The monoisotopic (exact) mass is 277 g/mol. The van der Waals surface area contributed by atoms with Crippen molar-refractivity contribution in [3.8, 4) is 5.75 Å². The van der Waals surface area contributed by atoms with Crippen LogP contribution in [0.15, 0.2) is 24.3 Å². The van der Waals surface area contributed by atoms with Gasteiger partial charge in [0, 0.05) is 0 Å². The summed E-state index contributed by atoms with van der Waals surface area (Å²) in [5.74, 6) is -0.216. The molecule has 19 heavy (non-hydrogen) atoms. The van der Waals surface area contributed by atoms with Gasteiger partial charge in [0.15, 0.2) is 0 Å². The molecular formula is C13H18F3NO2. The fraction of sp³-hybridized carbons (Fsp3) is 0.538. The van der Waals surface area contributed by atoms with E-state index >= 15 is 0 Å². The Morgan fingerprint density at radius 2 is 2.00 bits per heavy atom. The van der Waals surface area contributed by atoms with E-state index in [1.54, 1.807) is 0 Å². The van der Waals surface area contributed by atoms with Crippen molar-refractivity contribution in [3.63, 3.8) is 0 Å². The summed E-state index contributed by atoms with van der Waals surface area (Å²) in [5, 5.41) is 12.1. The SMILES string of the molecule is CCCNC(CO)COc1ccccc1C(F)(F)F. The van der Waals surface area contributed by atoms with Gasteiger partial charge in [0.2, 0.25) is 0 Å². The molecule has 0 aromatic heterocycles. The van der Waals surface area contributed by atoms with Crippen molar-refractivity contribution in [1.29, 1.82) is 0 Å². The first-order valence-electron chi connectivity index (χ1n) is 6.12. The van der Waals surface area contributed by atoms with Crippen LogP contribution in [0, 0.1) is 0 Å². The van der Waals surface area contributed by atoms with Gasteiger partial charge in [0.05, 0.1) is 18.2 Å². The molecule has 0 saturated heterocycles. The number of benzene rings is 1. The lowest BCUT2D eigenvalue weighted by atomic mass is 10.2. The number of halogens is 3. The van der Waals surface area contributed by atoms with E-state index in [-0.39, 0.29) is 25.0 Å². The number of hydrogen-bond donors (Lipinski definition) is 2. The zero-order valence-electron chi connectivity index (χ0n) is 10.7. The minimum atomic E-state index is -4.44. The summed E-state index contributed by atoms with van der Waals surface area (Å²) in [4.78, 5) is 0. The molecule has 0 spiro atoms. The molecule has 0 saturated carbocycles. The molecule has 0 amide bonds. The highest BCUT2D eigenvalue weighted by Gasteiger charge is 2.34. The van der Waals surface area contributed by atoms with Crippen molar-refractivity contribution in [2.75, 3.05) is 19.8 Å². The Morgan fingerprint density at radius 1 is 1.32 bits per heavy atom. The number of alkyl halides is 3. The number of ether oxygens (including phenoxy) is 1. The Kier molecular flexibility index (Phi) is 6.11. The van der Waals surface area contributed by atoms with Crippen molar-refractivity contribution in [1.82, 2.24) is 5.32 Å². The quantitative estimate of drug-likeness (QED) is 0.804. The van der Waals surface area contributed by atoms with E-state index in [2.05, 4.69) is 5.32 Å².